The molecule has 1 aromatic carbocycles. The van der Waals surface area contributed by atoms with Crippen LogP contribution in [-0.2, 0) is 31.4 Å². The SMILES string of the molecule is CCOC(=O)c1sc(-c2cnc3cnc(CS(C)(=O)=O)cn23)nc1O[C@H](C)c1ccc(CO[Si](C)(C)C(C)(C)C)cc1Cl. The Hall–Kier alpha value is -2.84. The van der Waals surface area contributed by atoms with E-state index in [1.807, 2.05) is 25.1 Å². The molecule has 0 amide bonds. The maximum absolute atomic E-state index is 12.9. The summed E-state index contributed by atoms with van der Waals surface area (Å²) >= 11 is 7.80. The highest BCUT2D eigenvalue weighted by atomic mass is 35.5. The molecule has 0 radical (unpaired) electrons. The zero-order valence-electron chi connectivity index (χ0n) is 25.6. The molecule has 4 aromatic rings. The molecule has 0 N–H and O–H groups in total. The van der Waals surface area contributed by atoms with Crippen molar-refractivity contribution in [3.8, 4) is 16.6 Å². The highest BCUT2D eigenvalue weighted by Gasteiger charge is 2.37. The van der Waals surface area contributed by atoms with Gasteiger partial charge in [0.1, 0.15) is 16.8 Å². The Morgan fingerprint density at radius 1 is 1.19 bits per heavy atom. The third-order valence-electron chi connectivity index (χ3n) is 7.33. The highest BCUT2D eigenvalue weighted by Crippen LogP contribution is 2.39. The molecule has 0 saturated carbocycles. The summed E-state index contributed by atoms with van der Waals surface area (Å²) in [5, 5.41) is 1.06. The number of carbonyl (C=O) groups is 1. The van der Waals surface area contributed by atoms with Crippen LogP contribution in [0.15, 0.2) is 36.8 Å². The minimum absolute atomic E-state index is 0.0979. The zero-order chi connectivity index (χ0) is 31.7. The van der Waals surface area contributed by atoms with Crippen LogP contribution < -0.4 is 4.74 Å². The zero-order valence-corrected chi connectivity index (χ0v) is 29.0. The maximum Gasteiger partial charge on any atom is 0.354 e. The smallest absolute Gasteiger partial charge is 0.354 e. The number of ether oxygens (including phenoxy) is 2. The Bertz CT molecular complexity index is 1750. The van der Waals surface area contributed by atoms with Crippen LogP contribution in [-0.4, -0.2) is 54.9 Å². The van der Waals surface area contributed by atoms with Gasteiger partial charge >= 0.3 is 5.97 Å². The first-order valence-electron chi connectivity index (χ1n) is 13.8. The third-order valence-corrected chi connectivity index (χ3v) is 14.0. The summed E-state index contributed by atoms with van der Waals surface area (Å²) in [6.45, 7) is 15.2. The summed E-state index contributed by atoms with van der Waals surface area (Å²) in [5.41, 5.74) is 3.10. The lowest BCUT2D eigenvalue weighted by molar-refractivity contribution is 0.0525. The summed E-state index contributed by atoms with van der Waals surface area (Å²) in [6.07, 6.45) is 5.28. The number of halogens is 1. The second-order valence-corrected chi connectivity index (χ2v) is 20.2. The maximum atomic E-state index is 12.9. The fraction of sp³-hybridized carbons (Fsp3) is 0.448. The number of fused-ring (bicyclic) bond motifs is 1. The quantitative estimate of drug-likeness (QED) is 0.125. The number of benzene rings is 1. The molecule has 14 heteroatoms. The standard InChI is InChI=1S/C29H37ClN4O6S2Si/c1-9-38-28(35)25-26(33-27(41-25)23-13-32-24-14-31-20(15-34(23)24)17-42(6,36)37)40-18(2)21-11-10-19(12-22(21)30)16-39-43(7,8)29(3,4)5/h10-15,18H,9,16-17H2,1-8H3/t18-/m1/s1. The van der Waals surface area contributed by atoms with Gasteiger partial charge in [0, 0.05) is 23.0 Å². The molecule has 0 aliphatic heterocycles. The number of sulfone groups is 1. The number of rotatable bonds is 11. The minimum Gasteiger partial charge on any atom is -0.468 e. The van der Waals surface area contributed by atoms with Crippen molar-refractivity contribution in [2.75, 3.05) is 12.9 Å². The number of aromatic nitrogens is 4. The van der Waals surface area contributed by atoms with E-state index >= 15 is 0 Å². The van der Waals surface area contributed by atoms with Crippen LogP contribution >= 0.6 is 22.9 Å². The Morgan fingerprint density at radius 3 is 2.53 bits per heavy atom. The first kappa shape index (κ1) is 33.1. The molecular formula is C29H37ClN4O6S2Si. The number of carbonyl (C=O) groups excluding carboxylic acids is 1. The van der Waals surface area contributed by atoms with Gasteiger partial charge in [-0.25, -0.2) is 18.2 Å². The van der Waals surface area contributed by atoms with E-state index in [2.05, 4.69) is 48.8 Å². The fourth-order valence-corrected chi connectivity index (χ4v) is 6.86. The van der Waals surface area contributed by atoms with E-state index in [0.29, 0.717) is 33.7 Å². The molecule has 4 rings (SSSR count). The van der Waals surface area contributed by atoms with Gasteiger partial charge in [0.05, 0.1) is 37.1 Å². The molecule has 0 spiro atoms. The van der Waals surface area contributed by atoms with Gasteiger partial charge in [0.15, 0.2) is 28.7 Å². The van der Waals surface area contributed by atoms with Crippen molar-refractivity contribution in [2.45, 2.75) is 71.2 Å². The highest BCUT2D eigenvalue weighted by molar-refractivity contribution is 7.89. The van der Waals surface area contributed by atoms with Gasteiger partial charge in [-0.15, -0.1) is 11.3 Å². The van der Waals surface area contributed by atoms with Crippen molar-refractivity contribution >= 4 is 52.7 Å². The minimum atomic E-state index is -3.30. The van der Waals surface area contributed by atoms with Crippen LogP contribution in [0.2, 0.25) is 23.2 Å². The largest absolute Gasteiger partial charge is 0.468 e. The molecule has 0 saturated heterocycles. The van der Waals surface area contributed by atoms with Crippen molar-refractivity contribution in [3.63, 3.8) is 0 Å². The normalized spacial score (nSPS) is 13.3. The molecule has 3 heterocycles. The van der Waals surface area contributed by atoms with Gasteiger partial charge in [-0.05, 0) is 43.6 Å². The Kier molecular flexibility index (Phi) is 9.72. The van der Waals surface area contributed by atoms with Gasteiger partial charge in [-0.1, -0.05) is 44.5 Å². The Labute approximate surface area is 262 Å². The lowest BCUT2D eigenvalue weighted by Gasteiger charge is -2.36. The molecule has 1 atom stereocenters. The summed E-state index contributed by atoms with van der Waals surface area (Å²) in [4.78, 5) is 26.3. The third kappa shape index (κ3) is 7.82. The lowest BCUT2D eigenvalue weighted by atomic mass is 10.1. The first-order valence-corrected chi connectivity index (χ1v) is 19.9. The average molecular weight is 665 g/mol. The number of nitrogens with zero attached hydrogens (tertiary/aromatic N) is 4. The molecule has 10 nitrogen and oxygen atoms in total. The number of hydrogen-bond acceptors (Lipinski definition) is 10. The molecule has 43 heavy (non-hydrogen) atoms. The van der Waals surface area contributed by atoms with Gasteiger partial charge < -0.3 is 13.9 Å². The van der Waals surface area contributed by atoms with Gasteiger partial charge in [0.25, 0.3) is 0 Å². The number of esters is 1. The average Bonchev–Trinajstić information content (AvgIpc) is 3.50. The van der Waals surface area contributed by atoms with Crippen LogP contribution in [0.4, 0.5) is 0 Å². The van der Waals surface area contributed by atoms with Crippen molar-refractivity contribution in [1.29, 1.82) is 0 Å². The summed E-state index contributed by atoms with van der Waals surface area (Å²) in [7, 11) is -5.22. The number of imidazole rings is 1. The second-order valence-electron chi connectivity index (χ2n) is 11.9. The predicted molar refractivity (Wildman–Crippen MR) is 171 cm³/mol. The van der Waals surface area contributed by atoms with Crippen molar-refractivity contribution in [2.24, 2.45) is 0 Å². The molecular weight excluding hydrogens is 628 g/mol. The molecule has 0 bridgehead atoms. The summed E-state index contributed by atoms with van der Waals surface area (Å²) in [5.74, 6) is -0.681. The van der Waals surface area contributed by atoms with Crippen molar-refractivity contribution < 1.29 is 27.1 Å². The van der Waals surface area contributed by atoms with Gasteiger partial charge in [0.2, 0.25) is 5.88 Å². The van der Waals surface area contributed by atoms with Crippen molar-refractivity contribution in [3.05, 3.63) is 63.5 Å². The van der Waals surface area contributed by atoms with E-state index in [-0.39, 0.29) is 28.2 Å². The monoisotopic (exact) mass is 664 g/mol. The molecule has 0 unspecified atom stereocenters. The summed E-state index contributed by atoms with van der Waals surface area (Å²) in [6, 6.07) is 5.74. The molecule has 0 aliphatic carbocycles. The van der Waals surface area contributed by atoms with E-state index in [0.717, 1.165) is 28.7 Å². The van der Waals surface area contributed by atoms with E-state index in [1.54, 1.807) is 23.7 Å². The van der Waals surface area contributed by atoms with E-state index in [1.165, 1.54) is 6.20 Å². The van der Waals surface area contributed by atoms with Crippen LogP contribution in [0.25, 0.3) is 16.3 Å². The molecule has 232 valence electrons. The Balaban J connectivity index is 1.62. The Morgan fingerprint density at radius 2 is 1.91 bits per heavy atom. The van der Waals surface area contributed by atoms with Crippen LogP contribution in [0.3, 0.4) is 0 Å². The number of thiazole rings is 1. The van der Waals surface area contributed by atoms with Crippen LogP contribution in [0.5, 0.6) is 5.88 Å². The second kappa shape index (κ2) is 12.6. The van der Waals surface area contributed by atoms with Gasteiger partial charge in [-0.2, -0.15) is 4.98 Å². The lowest BCUT2D eigenvalue weighted by Crippen LogP contribution is -2.40. The topological polar surface area (TPSA) is 122 Å². The van der Waals surface area contributed by atoms with E-state index in [9.17, 15) is 13.2 Å². The molecule has 0 fully saturated rings. The van der Waals surface area contributed by atoms with E-state index in [4.69, 9.17) is 25.5 Å². The van der Waals surface area contributed by atoms with Crippen LogP contribution in [0, 0.1) is 0 Å². The van der Waals surface area contributed by atoms with E-state index < -0.39 is 30.2 Å². The van der Waals surface area contributed by atoms with Crippen LogP contribution in [0.1, 0.15) is 67.2 Å². The van der Waals surface area contributed by atoms with Gasteiger partial charge in [-0.3, -0.25) is 9.38 Å². The summed E-state index contributed by atoms with van der Waals surface area (Å²) < 4.78 is 43.2. The van der Waals surface area contributed by atoms with Crippen molar-refractivity contribution in [1.82, 2.24) is 19.4 Å². The number of hydrogen-bond donors (Lipinski definition) is 0. The first-order chi connectivity index (χ1) is 20.0. The molecule has 3 aromatic heterocycles. The molecule has 0 aliphatic rings. The fourth-order valence-electron chi connectivity index (χ4n) is 3.95. The predicted octanol–water partition coefficient (Wildman–Crippen LogP) is 6.89.